The van der Waals surface area contributed by atoms with Crippen molar-refractivity contribution in [2.45, 2.75) is 76.4 Å². The van der Waals surface area contributed by atoms with Gasteiger partial charge in [0.2, 0.25) is 5.91 Å². The van der Waals surface area contributed by atoms with Gasteiger partial charge in [-0.1, -0.05) is 50.7 Å². The van der Waals surface area contributed by atoms with Crippen LogP contribution in [0.5, 0.6) is 5.75 Å². The van der Waals surface area contributed by atoms with Crippen molar-refractivity contribution in [2.75, 3.05) is 52.4 Å². The molecule has 0 fully saturated rings. The molecule has 0 aliphatic rings. The average Bonchev–Trinajstić information content (AvgIpc) is 2.99. The Morgan fingerprint density at radius 2 is 1.26 bits per heavy atom. The first kappa shape index (κ1) is 41.2. The lowest BCUT2D eigenvalue weighted by Gasteiger charge is -2.33. The summed E-state index contributed by atoms with van der Waals surface area (Å²) in [7, 11) is 0. The molecule has 0 aliphatic heterocycles. The Morgan fingerprint density at radius 3 is 1.77 bits per heavy atom. The van der Waals surface area contributed by atoms with E-state index in [2.05, 4.69) is 10.7 Å². The number of aliphatic hydroxyl groups excluding tert-OH is 1. The van der Waals surface area contributed by atoms with Gasteiger partial charge < -0.3 is 35.6 Å². The van der Waals surface area contributed by atoms with E-state index in [-0.39, 0.29) is 25.5 Å². The Bertz CT molecular complexity index is 1060. The maximum absolute atomic E-state index is 11.5. The number of rotatable bonds is 29. The molecule has 1 rings (SSSR count). The number of hydrazine groups is 1. The van der Waals surface area contributed by atoms with E-state index in [9.17, 15) is 49.5 Å². The number of amides is 1. The van der Waals surface area contributed by atoms with Crippen molar-refractivity contribution in [1.82, 2.24) is 20.5 Å². The molecular weight excluding hydrogens is 618 g/mol. The number of aliphatic carboxylic acids is 4. The smallest absolute Gasteiger partial charge is 0.317 e. The Labute approximate surface area is 274 Å². The van der Waals surface area contributed by atoms with Crippen LogP contribution in [0.3, 0.4) is 0 Å². The monoisotopic (exact) mass is 669 g/mol. The molecule has 0 bridgehead atoms. The lowest BCUT2D eigenvalue weighted by atomic mass is 10.0. The minimum Gasteiger partial charge on any atom is -0.491 e. The first-order valence-corrected chi connectivity index (χ1v) is 15.8. The van der Waals surface area contributed by atoms with Crippen molar-refractivity contribution in [3.8, 4) is 5.75 Å². The number of carboxylic acid groups (broad SMARTS) is 4. The fourth-order valence-electron chi connectivity index (χ4n) is 5.02. The highest BCUT2D eigenvalue weighted by Gasteiger charge is 2.27. The molecule has 2 atom stereocenters. The number of aliphatic hydroxyl groups is 1. The summed E-state index contributed by atoms with van der Waals surface area (Å²) in [5.41, 5.74) is 2.79. The molecule has 9 N–H and O–H groups in total. The third kappa shape index (κ3) is 21.6. The molecule has 47 heavy (non-hydrogen) atoms. The van der Waals surface area contributed by atoms with Crippen LogP contribution in [-0.2, 0) is 30.4 Å². The molecule has 0 saturated heterocycles. The fourth-order valence-corrected chi connectivity index (χ4v) is 5.02. The van der Waals surface area contributed by atoms with Gasteiger partial charge in [0.15, 0.2) is 0 Å². The first-order valence-electron chi connectivity index (χ1n) is 15.8. The Kier molecular flexibility index (Phi) is 21.3. The maximum atomic E-state index is 11.5. The van der Waals surface area contributed by atoms with E-state index >= 15 is 0 Å². The Hall–Kier alpha value is -3.83. The summed E-state index contributed by atoms with van der Waals surface area (Å²) in [6.07, 6.45) is 8.31. The minimum absolute atomic E-state index is 0.0479. The molecule has 0 radical (unpaired) electrons. The molecule has 2 unspecified atom stereocenters. The van der Waals surface area contributed by atoms with Crippen molar-refractivity contribution in [3.63, 3.8) is 0 Å². The zero-order valence-electron chi connectivity index (χ0n) is 26.8. The van der Waals surface area contributed by atoms with E-state index in [0.29, 0.717) is 24.3 Å². The van der Waals surface area contributed by atoms with Gasteiger partial charge in [-0.25, -0.2) is 5.84 Å². The number of nitrogens with two attached hydrogens (primary N) is 1. The summed E-state index contributed by atoms with van der Waals surface area (Å²) in [5, 5.41) is 50.6. The predicted molar refractivity (Wildman–Crippen MR) is 171 cm³/mol. The number of nitrogens with one attached hydrogen (secondary N) is 2. The number of carbonyl (C=O) groups is 5. The third-order valence-electron chi connectivity index (χ3n) is 7.27. The summed E-state index contributed by atoms with van der Waals surface area (Å²) in [6, 6.07) is 5.84. The number of benzene rings is 1. The molecule has 16 nitrogen and oxygen atoms in total. The van der Waals surface area contributed by atoms with Crippen LogP contribution in [0.2, 0.25) is 0 Å². The van der Waals surface area contributed by atoms with Crippen LogP contribution < -0.4 is 21.3 Å². The molecule has 0 spiro atoms. The van der Waals surface area contributed by atoms with E-state index in [1.165, 1.54) is 0 Å². The number of nitrogens with zero attached hydrogens (tertiary/aromatic N) is 2. The van der Waals surface area contributed by atoms with Gasteiger partial charge in [-0.3, -0.25) is 39.2 Å². The topological polar surface area (TPSA) is 252 Å². The number of ether oxygens (including phenoxy) is 1. The highest BCUT2D eigenvalue weighted by atomic mass is 16.5. The molecule has 16 heteroatoms. The SMILES string of the molecule is NNC(=O)CCCCCCCCCCNCC(O)COc1ccc(CC(CN(CC(=O)O)CC(=O)O)N(CC(=O)O)CC(=O)O)cc1. The number of hydrogen-bond acceptors (Lipinski definition) is 11. The quantitative estimate of drug-likeness (QED) is 0.0248. The second kappa shape index (κ2) is 24.4. The van der Waals surface area contributed by atoms with Crippen molar-refractivity contribution in [2.24, 2.45) is 5.84 Å². The second-order valence-electron chi connectivity index (χ2n) is 11.5. The standard InChI is InChI=1S/C31H51N5O11/c32-34-27(38)9-7-5-3-1-2-4-6-8-14-33-16-25(37)22-47-26-12-10-23(11-13-26)15-24(36(20-30(43)44)21-31(45)46)17-35(18-28(39)40)19-29(41)42/h10-13,24-25,33,37H,1-9,14-22,32H2,(H,34,38)(H,39,40)(H,41,42)(H,43,44)(H,45,46). The third-order valence-corrected chi connectivity index (χ3v) is 7.27. The minimum atomic E-state index is -1.29. The van der Waals surface area contributed by atoms with Gasteiger partial charge >= 0.3 is 23.9 Å². The fraction of sp³-hybridized carbons (Fsp3) is 0.645. The number of carbonyl (C=O) groups excluding carboxylic acids is 1. The van der Waals surface area contributed by atoms with E-state index in [0.717, 1.165) is 67.7 Å². The lowest BCUT2D eigenvalue weighted by Crippen LogP contribution is -2.50. The summed E-state index contributed by atoms with van der Waals surface area (Å²) in [4.78, 5) is 58.9. The summed E-state index contributed by atoms with van der Waals surface area (Å²) >= 11 is 0. The van der Waals surface area contributed by atoms with Crippen LogP contribution in [0.4, 0.5) is 0 Å². The normalized spacial score (nSPS) is 12.5. The average molecular weight is 670 g/mol. The van der Waals surface area contributed by atoms with Crippen molar-refractivity contribution in [3.05, 3.63) is 29.8 Å². The molecule has 0 aliphatic carbocycles. The molecule has 1 aromatic carbocycles. The Morgan fingerprint density at radius 1 is 0.745 bits per heavy atom. The number of carboxylic acids is 4. The van der Waals surface area contributed by atoms with E-state index in [1.54, 1.807) is 24.3 Å². The maximum Gasteiger partial charge on any atom is 0.317 e. The zero-order valence-corrected chi connectivity index (χ0v) is 26.8. The summed E-state index contributed by atoms with van der Waals surface area (Å²) in [6.45, 7) is -1.54. The van der Waals surface area contributed by atoms with E-state index < -0.39 is 62.2 Å². The van der Waals surface area contributed by atoms with Gasteiger partial charge in [-0.05, 0) is 43.5 Å². The van der Waals surface area contributed by atoms with Gasteiger partial charge in [0, 0.05) is 25.6 Å². The molecule has 1 amide bonds. The zero-order chi connectivity index (χ0) is 35.0. The summed E-state index contributed by atoms with van der Waals surface area (Å²) in [5.74, 6) is 0.269. The first-order chi connectivity index (χ1) is 22.4. The van der Waals surface area contributed by atoms with Crippen LogP contribution in [0, 0.1) is 0 Å². The van der Waals surface area contributed by atoms with Crippen molar-refractivity contribution in [1.29, 1.82) is 0 Å². The molecule has 266 valence electrons. The van der Waals surface area contributed by atoms with Crippen LogP contribution in [0.1, 0.15) is 63.4 Å². The van der Waals surface area contributed by atoms with Gasteiger partial charge in [-0.15, -0.1) is 0 Å². The highest BCUT2D eigenvalue weighted by molar-refractivity contribution is 5.75. The van der Waals surface area contributed by atoms with E-state index in [4.69, 9.17) is 10.6 Å². The van der Waals surface area contributed by atoms with Gasteiger partial charge in [-0.2, -0.15) is 0 Å². The molecule has 0 heterocycles. The summed E-state index contributed by atoms with van der Waals surface area (Å²) < 4.78 is 5.68. The van der Waals surface area contributed by atoms with Gasteiger partial charge in [0.25, 0.3) is 0 Å². The van der Waals surface area contributed by atoms with Crippen LogP contribution in [0.25, 0.3) is 0 Å². The molecular formula is C31H51N5O11. The van der Waals surface area contributed by atoms with Crippen molar-refractivity contribution < 1.29 is 54.2 Å². The molecule has 1 aromatic rings. The largest absolute Gasteiger partial charge is 0.491 e. The van der Waals surface area contributed by atoms with Gasteiger partial charge in [0.1, 0.15) is 18.5 Å². The van der Waals surface area contributed by atoms with Crippen LogP contribution in [0.15, 0.2) is 24.3 Å². The van der Waals surface area contributed by atoms with Crippen molar-refractivity contribution >= 4 is 29.8 Å². The number of hydrogen-bond donors (Lipinski definition) is 8. The van der Waals surface area contributed by atoms with Crippen LogP contribution in [-0.4, -0.2) is 130 Å². The lowest BCUT2D eigenvalue weighted by molar-refractivity contribution is -0.146. The number of unbranched alkanes of at least 4 members (excludes halogenated alkanes) is 7. The van der Waals surface area contributed by atoms with E-state index in [1.807, 2.05) is 0 Å². The second-order valence-corrected chi connectivity index (χ2v) is 11.5. The molecule has 0 saturated carbocycles. The molecule has 0 aromatic heterocycles. The van der Waals surface area contributed by atoms with Crippen LogP contribution >= 0.6 is 0 Å². The highest BCUT2D eigenvalue weighted by Crippen LogP contribution is 2.17. The van der Waals surface area contributed by atoms with Gasteiger partial charge in [0.05, 0.1) is 26.2 Å². The Balaban J connectivity index is 2.52. The predicted octanol–water partition coefficient (Wildman–Crippen LogP) is 0.370.